The molecule has 0 amide bonds. The van der Waals surface area contributed by atoms with E-state index in [0.29, 0.717) is 30.1 Å². The first-order valence-electron chi connectivity index (χ1n) is 11.7. The van der Waals surface area contributed by atoms with Gasteiger partial charge in [-0.25, -0.2) is 0 Å². The van der Waals surface area contributed by atoms with E-state index in [1.54, 1.807) is 6.92 Å². The minimum atomic E-state index is -4.03. The fourth-order valence-corrected chi connectivity index (χ4v) is 8.51. The first-order chi connectivity index (χ1) is 13.5. The first-order valence-corrected chi connectivity index (χ1v) is 11.7. The lowest BCUT2D eigenvalue weighted by Gasteiger charge is -2.61. The molecule has 0 aliphatic heterocycles. The van der Waals surface area contributed by atoms with E-state index in [4.69, 9.17) is 0 Å². The molecule has 0 bridgehead atoms. The molecule has 4 heteroatoms. The molecule has 4 rings (SSSR count). The summed E-state index contributed by atoms with van der Waals surface area (Å²) in [5, 5.41) is 10.9. The Morgan fingerprint density at radius 3 is 2.30 bits per heavy atom. The van der Waals surface area contributed by atoms with E-state index in [-0.39, 0.29) is 24.2 Å². The van der Waals surface area contributed by atoms with Crippen molar-refractivity contribution in [2.75, 3.05) is 0 Å². The van der Waals surface area contributed by atoms with Crippen LogP contribution in [0.15, 0.2) is 0 Å². The molecular weight excluding hydrogens is 385 g/mol. The molecule has 1 nitrogen and oxygen atoms in total. The Hall–Kier alpha value is -0.690. The lowest BCUT2D eigenvalue weighted by molar-refractivity contribution is -0.149. The van der Waals surface area contributed by atoms with Gasteiger partial charge >= 0.3 is 6.18 Å². The van der Waals surface area contributed by atoms with E-state index < -0.39 is 18.2 Å². The zero-order valence-electron chi connectivity index (χ0n) is 18.2. The summed E-state index contributed by atoms with van der Waals surface area (Å²) in [5.74, 6) is 8.67. The summed E-state index contributed by atoms with van der Waals surface area (Å²) in [6.45, 7) is 6.57. The van der Waals surface area contributed by atoms with E-state index in [1.807, 2.05) is 0 Å². The molecule has 1 N–H and O–H groups in total. The third kappa shape index (κ3) is 3.94. The van der Waals surface area contributed by atoms with Crippen LogP contribution in [-0.4, -0.2) is 16.9 Å². The van der Waals surface area contributed by atoms with Crippen molar-refractivity contribution in [1.29, 1.82) is 0 Å². The van der Waals surface area contributed by atoms with Gasteiger partial charge in [0.1, 0.15) is 5.60 Å². The normalized spacial score (nSPS) is 47.8. The van der Waals surface area contributed by atoms with Gasteiger partial charge in [-0.05, 0) is 112 Å². The number of halogens is 3. The molecule has 0 aromatic rings. The molecular formula is C26H41F3O. The van der Waals surface area contributed by atoms with E-state index in [1.165, 1.54) is 6.42 Å². The van der Waals surface area contributed by atoms with Gasteiger partial charge in [0, 0.05) is 6.42 Å². The highest BCUT2D eigenvalue weighted by molar-refractivity contribution is 5.18. The van der Waals surface area contributed by atoms with Crippen molar-refractivity contribution in [3.8, 4) is 11.8 Å². The second-order valence-electron chi connectivity index (χ2n) is 11.2. The quantitative estimate of drug-likeness (QED) is 0.457. The maximum Gasteiger partial charge on any atom is 0.389 e. The van der Waals surface area contributed by atoms with Crippen LogP contribution in [0.25, 0.3) is 0 Å². The number of alkyl halides is 3. The van der Waals surface area contributed by atoms with Crippen LogP contribution in [0.3, 0.4) is 0 Å². The predicted molar refractivity (Wildman–Crippen MR) is 116 cm³/mol. The average Bonchev–Trinajstić information content (AvgIpc) is 2.97. The zero-order chi connectivity index (χ0) is 21.1. The number of hydrogen-bond acceptors (Lipinski definition) is 1. The van der Waals surface area contributed by atoms with Crippen LogP contribution in [0.2, 0.25) is 0 Å². The van der Waals surface area contributed by atoms with Crippen molar-refractivity contribution >= 4 is 0 Å². The maximum atomic E-state index is 12.9. The zero-order valence-corrected chi connectivity index (χ0v) is 18.2. The van der Waals surface area contributed by atoms with Crippen LogP contribution in [-0.2, 0) is 0 Å². The lowest BCUT2D eigenvalue weighted by atomic mass is 9.44. The van der Waals surface area contributed by atoms with Gasteiger partial charge < -0.3 is 5.11 Å². The summed E-state index contributed by atoms with van der Waals surface area (Å²) in [7, 11) is 0. The van der Waals surface area contributed by atoms with E-state index >= 15 is 0 Å². The first kappa shape index (κ1) is 24.0. The van der Waals surface area contributed by atoms with Crippen molar-refractivity contribution in [2.45, 2.75) is 111 Å². The Kier molecular flexibility index (Phi) is 6.41. The smallest absolute Gasteiger partial charge is 0.378 e. The molecule has 0 spiro atoms. The Morgan fingerprint density at radius 2 is 1.63 bits per heavy atom. The predicted octanol–water partition coefficient (Wildman–Crippen LogP) is 7.38. The minimum Gasteiger partial charge on any atom is -0.378 e. The van der Waals surface area contributed by atoms with Gasteiger partial charge in [-0.15, -0.1) is 5.92 Å². The highest BCUT2D eigenvalue weighted by Crippen LogP contribution is 2.68. The van der Waals surface area contributed by atoms with Crippen molar-refractivity contribution in [2.24, 2.45) is 40.4 Å². The third-order valence-corrected chi connectivity index (χ3v) is 10.1. The fourth-order valence-electron chi connectivity index (χ4n) is 8.51. The molecule has 0 aromatic carbocycles. The van der Waals surface area contributed by atoms with Crippen LogP contribution in [0.4, 0.5) is 13.2 Å². The van der Waals surface area contributed by atoms with Crippen molar-refractivity contribution in [3.63, 3.8) is 0 Å². The Balaban J connectivity index is 0.00000256. The largest absolute Gasteiger partial charge is 0.389 e. The second-order valence-corrected chi connectivity index (χ2v) is 11.2. The van der Waals surface area contributed by atoms with Crippen LogP contribution < -0.4 is 0 Å². The summed E-state index contributed by atoms with van der Waals surface area (Å²) in [5.41, 5.74) is -0.459. The minimum absolute atomic E-state index is 0. The third-order valence-electron chi connectivity index (χ3n) is 10.1. The summed E-state index contributed by atoms with van der Waals surface area (Å²) < 4.78 is 38.6. The standard InChI is InChI=1S/C25H37F3O.CH4/c1-4-11-24(29)15-14-23(3)18(16-24)5-7-19-20-8-6-17(9-13-25(26,27)28)22(20,2)12-10-21(19)23;/h17-21,29H,5-10,12-16H2,1-3H3;1H4/t17?,18-,19+,20?,21?,22-,23+,24?;/m1./s1. The summed E-state index contributed by atoms with van der Waals surface area (Å²) in [4.78, 5) is 0. The fraction of sp³-hybridized carbons (Fsp3) is 0.923. The molecule has 0 heterocycles. The van der Waals surface area contributed by atoms with Gasteiger partial charge in [0.15, 0.2) is 0 Å². The maximum absolute atomic E-state index is 12.9. The lowest BCUT2D eigenvalue weighted by Crippen LogP contribution is -2.55. The Labute approximate surface area is 181 Å². The van der Waals surface area contributed by atoms with Crippen LogP contribution in [0, 0.1) is 52.3 Å². The Morgan fingerprint density at radius 1 is 0.933 bits per heavy atom. The van der Waals surface area contributed by atoms with Crippen molar-refractivity contribution in [1.82, 2.24) is 0 Å². The second kappa shape index (κ2) is 8.02. The monoisotopic (exact) mass is 426 g/mol. The van der Waals surface area contributed by atoms with Crippen LogP contribution in [0.1, 0.15) is 98.8 Å². The van der Waals surface area contributed by atoms with E-state index in [9.17, 15) is 18.3 Å². The van der Waals surface area contributed by atoms with Crippen LogP contribution >= 0.6 is 0 Å². The molecule has 172 valence electrons. The summed E-state index contributed by atoms with van der Waals surface area (Å²) in [6, 6.07) is 0. The topological polar surface area (TPSA) is 20.2 Å². The summed E-state index contributed by atoms with van der Waals surface area (Å²) >= 11 is 0. The molecule has 8 atom stereocenters. The number of aliphatic hydroxyl groups is 1. The van der Waals surface area contributed by atoms with Gasteiger partial charge in [-0.2, -0.15) is 13.2 Å². The molecule has 4 unspecified atom stereocenters. The van der Waals surface area contributed by atoms with Gasteiger partial charge in [0.05, 0.1) is 0 Å². The Bertz CT molecular complexity index is 691. The number of fused-ring (bicyclic) bond motifs is 5. The van der Waals surface area contributed by atoms with E-state index in [2.05, 4.69) is 25.7 Å². The van der Waals surface area contributed by atoms with Crippen molar-refractivity contribution < 1.29 is 18.3 Å². The number of rotatable bonds is 2. The van der Waals surface area contributed by atoms with Crippen LogP contribution in [0.5, 0.6) is 0 Å². The highest BCUT2D eigenvalue weighted by Gasteiger charge is 2.61. The van der Waals surface area contributed by atoms with Gasteiger partial charge in [-0.1, -0.05) is 27.2 Å². The molecule has 0 saturated heterocycles. The van der Waals surface area contributed by atoms with E-state index in [0.717, 1.165) is 51.4 Å². The molecule has 30 heavy (non-hydrogen) atoms. The molecule has 4 aliphatic rings. The SMILES string of the molecule is C.CC#CC1(O)CC[C@]2(C)C3CC[C@]4(C)C(CCC(F)(F)F)CCC4[C@@H]3CC[C@@H]2C1. The van der Waals surface area contributed by atoms with Crippen molar-refractivity contribution in [3.05, 3.63) is 0 Å². The highest BCUT2D eigenvalue weighted by atomic mass is 19.4. The number of hydrogen-bond donors (Lipinski definition) is 1. The van der Waals surface area contributed by atoms with Gasteiger partial charge in [0.2, 0.25) is 0 Å². The average molecular weight is 427 g/mol. The molecule has 4 aliphatic carbocycles. The molecule has 4 saturated carbocycles. The molecule has 0 aromatic heterocycles. The summed E-state index contributed by atoms with van der Waals surface area (Å²) in [6.07, 6.45) is 4.93. The molecule has 0 radical (unpaired) electrons. The molecule has 4 fully saturated rings. The van der Waals surface area contributed by atoms with Gasteiger partial charge in [-0.3, -0.25) is 0 Å². The van der Waals surface area contributed by atoms with Gasteiger partial charge in [0.25, 0.3) is 0 Å².